The number of carbonyl (C=O) groups excluding carboxylic acids is 1. The summed E-state index contributed by atoms with van der Waals surface area (Å²) in [5, 5.41) is 3.21. The lowest BCUT2D eigenvalue weighted by atomic mass is 10.3. The third-order valence-corrected chi connectivity index (χ3v) is 2.33. The number of anilines is 1. The summed E-state index contributed by atoms with van der Waals surface area (Å²) in [6.45, 7) is 4.13. The molecule has 0 atom stereocenters. The zero-order valence-corrected chi connectivity index (χ0v) is 8.25. The van der Waals surface area contributed by atoms with Gasteiger partial charge in [0.15, 0.2) is 0 Å². The molecule has 0 aromatic carbocycles. The van der Waals surface area contributed by atoms with E-state index in [1.165, 1.54) is 0 Å². The summed E-state index contributed by atoms with van der Waals surface area (Å²) in [5.41, 5.74) is 0.645. The maximum absolute atomic E-state index is 11.5. The molecule has 76 valence electrons. The van der Waals surface area contributed by atoms with E-state index in [9.17, 15) is 4.79 Å². The fourth-order valence-electron chi connectivity index (χ4n) is 1.69. The minimum absolute atomic E-state index is 0.240. The van der Waals surface area contributed by atoms with Gasteiger partial charge in [-0.2, -0.15) is 0 Å². The molecular formula is C10H14N2O2. The molecule has 1 N–H and O–H groups in total. The van der Waals surface area contributed by atoms with Crippen molar-refractivity contribution in [2.75, 3.05) is 18.5 Å². The van der Waals surface area contributed by atoms with Gasteiger partial charge in [-0.25, -0.2) is 4.79 Å². The zero-order valence-electron chi connectivity index (χ0n) is 8.25. The molecule has 4 nitrogen and oxygen atoms in total. The molecule has 0 unspecified atom stereocenters. The number of ether oxygens (including phenoxy) is 1. The molecule has 1 aromatic rings. The topological polar surface area (TPSA) is 43.3 Å². The van der Waals surface area contributed by atoms with Crippen molar-refractivity contribution in [3.63, 3.8) is 0 Å². The average molecular weight is 194 g/mol. The minimum Gasteiger partial charge on any atom is -0.462 e. The van der Waals surface area contributed by atoms with Crippen molar-refractivity contribution in [2.45, 2.75) is 19.9 Å². The van der Waals surface area contributed by atoms with Crippen LogP contribution in [0, 0.1) is 0 Å². The molecule has 2 rings (SSSR count). The lowest BCUT2D eigenvalue weighted by molar-refractivity contribution is 0.0527. The maximum Gasteiger partial charge on any atom is 0.341 e. The van der Waals surface area contributed by atoms with E-state index in [1.807, 2.05) is 19.2 Å². The van der Waals surface area contributed by atoms with Crippen LogP contribution in [0.1, 0.15) is 23.7 Å². The Balaban J connectivity index is 2.25. The van der Waals surface area contributed by atoms with Gasteiger partial charge in [0.1, 0.15) is 11.4 Å². The molecule has 0 saturated carbocycles. The molecule has 0 bridgehead atoms. The Morgan fingerprint density at radius 3 is 3.36 bits per heavy atom. The summed E-state index contributed by atoms with van der Waals surface area (Å²) in [5.74, 6) is 0.658. The zero-order chi connectivity index (χ0) is 9.97. The number of fused-ring (bicyclic) bond motifs is 1. The molecule has 0 radical (unpaired) electrons. The van der Waals surface area contributed by atoms with E-state index in [4.69, 9.17) is 4.74 Å². The van der Waals surface area contributed by atoms with Crippen molar-refractivity contribution in [1.29, 1.82) is 0 Å². The summed E-state index contributed by atoms with van der Waals surface area (Å²) in [6.07, 6.45) is 3.03. The van der Waals surface area contributed by atoms with Gasteiger partial charge in [-0.1, -0.05) is 0 Å². The van der Waals surface area contributed by atoms with Crippen molar-refractivity contribution in [2.24, 2.45) is 0 Å². The highest BCUT2D eigenvalue weighted by molar-refractivity contribution is 5.95. The number of esters is 1. The van der Waals surface area contributed by atoms with Crippen LogP contribution in [-0.4, -0.2) is 23.7 Å². The Labute approximate surface area is 82.9 Å². The Bertz CT molecular complexity index is 344. The van der Waals surface area contributed by atoms with Gasteiger partial charge in [-0.05, 0) is 19.4 Å². The molecule has 0 saturated heterocycles. The van der Waals surface area contributed by atoms with Crippen molar-refractivity contribution < 1.29 is 9.53 Å². The van der Waals surface area contributed by atoms with Gasteiger partial charge in [-0.3, -0.25) is 0 Å². The standard InChI is InChI=1S/C10H14N2O2/c1-2-14-10(13)8-4-7-12-6-3-5-11-9(8)12/h4,7,11H,2-3,5-6H2,1H3. The Morgan fingerprint density at radius 1 is 1.71 bits per heavy atom. The number of hydrogen-bond acceptors (Lipinski definition) is 3. The fraction of sp³-hybridized carbons (Fsp3) is 0.500. The number of aryl methyl sites for hydroxylation is 1. The first kappa shape index (κ1) is 9.12. The van der Waals surface area contributed by atoms with Gasteiger partial charge in [0.2, 0.25) is 0 Å². The van der Waals surface area contributed by atoms with Crippen LogP contribution in [0.2, 0.25) is 0 Å². The molecule has 14 heavy (non-hydrogen) atoms. The molecule has 0 amide bonds. The van der Waals surface area contributed by atoms with Crippen LogP contribution in [0.15, 0.2) is 12.3 Å². The first-order chi connectivity index (χ1) is 6.83. The third kappa shape index (κ3) is 1.47. The molecule has 2 heterocycles. The molecule has 0 aliphatic carbocycles. The number of hydrogen-bond donors (Lipinski definition) is 1. The van der Waals surface area contributed by atoms with Crippen molar-refractivity contribution in [1.82, 2.24) is 4.57 Å². The van der Waals surface area contributed by atoms with Crippen LogP contribution in [0.4, 0.5) is 5.82 Å². The van der Waals surface area contributed by atoms with Crippen LogP contribution >= 0.6 is 0 Å². The highest BCUT2D eigenvalue weighted by Gasteiger charge is 2.18. The van der Waals surface area contributed by atoms with Crippen LogP contribution < -0.4 is 5.32 Å². The van der Waals surface area contributed by atoms with E-state index in [0.29, 0.717) is 12.2 Å². The van der Waals surface area contributed by atoms with E-state index in [0.717, 1.165) is 25.3 Å². The number of rotatable bonds is 2. The highest BCUT2D eigenvalue weighted by Crippen LogP contribution is 2.21. The molecule has 0 fully saturated rings. The Hall–Kier alpha value is -1.45. The van der Waals surface area contributed by atoms with Gasteiger partial charge >= 0.3 is 5.97 Å². The van der Waals surface area contributed by atoms with Crippen LogP contribution in [0.5, 0.6) is 0 Å². The molecule has 0 spiro atoms. The number of nitrogens with zero attached hydrogens (tertiary/aromatic N) is 1. The van der Waals surface area contributed by atoms with Gasteiger partial charge in [0, 0.05) is 19.3 Å². The highest BCUT2D eigenvalue weighted by atomic mass is 16.5. The molecule has 4 heteroatoms. The number of carbonyl (C=O) groups is 1. The summed E-state index contributed by atoms with van der Waals surface area (Å²) in [4.78, 5) is 11.5. The van der Waals surface area contributed by atoms with Gasteiger partial charge in [-0.15, -0.1) is 0 Å². The number of aromatic nitrogens is 1. The molecule has 1 aliphatic rings. The second kappa shape index (κ2) is 3.74. The van der Waals surface area contributed by atoms with Crippen LogP contribution in [0.25, 0.3) is 0 Å². The van der Waals surface area contributed by atoms with Crippen LogP contribution in [-0.2, 0) is 11.3 Å². The second-order valence-corrected chi connectivity index (χ2v) is 3.27. The summed E-state index contributed by atoms with van der Waals surface area (Å²) in [7, 11) is 0. The van der Waals surface area contributed by atoms with E-state index >= 15 is 0 Å². The first-order valence-corrected chi connectivity index (χ1v) is 4.93. The predicted octanol–water partition coefficient (Wildman–Crippen LogP) is 1.48. The third-order valence-electron chi connectivity index (χ3n) is 2.33. The van der Waals surface area contributed by atoms with Gasteiger partial charge in [0.25, 0.3) is 0 Å². The minimum atomic E-state index is -0.240. The quantitative estimate of drug-likeness (QED) is 0.725. The predicted molar refractivity (Wildman–Crippen MR) is 53.5 cm³/mol. The second-order valence-electron chi connectivity index (χ2n) is 3.27. The molecular weight excluding hydrogens is 180 g/mol. The van der Waals surface area contributed by atoms with E-state index in [1.54, 1.807) is 0 Å². The Morgan fingerprint density at radius 2 is 2.57 bits per heavy atom. The lowest BCUT2D eigenvalue weighted by Crippen LogP contribution is -2.18. The lowest BCUT2D eigenvalue weighted by Gasteiger charge is -2.18. The van der Waals surface area contributed by atoms with Gasteiger partial charge < -0.3 is 14.6 Å². The molecule has 1 aromatic heterocycles. The average Bonchev–Trinajstić information content (AvgIpc) is 2.61. The van der Waals surface area contributed by atoms with E-state index in [-0.39, 0.29) is 5.97 Å². The summed E-state index contributed by atoms with van der Waals surface area (Å²) in [6, 6.07) is 1.81. The van der Waals surface area contributed by atoms with Crippen molar-refractivity contribution in [3.8, 4) is 0 Å². The summed E-state index contributed by atoms with van der Waals surface area (Å²) >= 11 is 0. The SMILES string of the molecule is CCOC(=O)c1ccn2c1NCCC2. The van der Waals surface area contributed by atoms with Crippen molar-refractivity contribution in [3.05, 3.63) is 17.8 Å². The largest absolute Gasteiger partial charge is 0.462 e. The molecule has 1 aliphatic heterocycles. The first-order valence-electron chi connectivity index (χ1n) is 4.93. The Kier molecular flexibility index (Phi) is 2.43. The maximum atomic E-state index is 11.5. The monoisotopic (exact) mass is 194 g/mol. The summed E-state index contributed by atoms with van der Waals surface area (Å²) < 4.78 is 7.01. The van der Waals surface area contributed by atoms with E-state index in [2.05, 4.69) is 9.88 Å². The van der Waals surface area contributed by atoms with Crippen LogP contribution in [0.3, 0.4) is 0 Å². The fourth-order valence-corrected chi connectivity index (χ4v) is 1.69. The smallest absolute Gasteiger partial charge is 0.341 e. The van der Waals surface area contributed by atoms with Gasteiger partial charge in [0.05, 0.1) is 6.61 Å². The van der Waals surface area contributed by atoms with E-state index < -0.39 is 0 Å². The normalized spacial score (nSPS) is 14.4. The van der Waals surface area contributed by atoms with Crippen molar-refractivity contribution >= 4 is 11.8 Å². The number of nitrogens with one attached hydrogen (secondary N) is 1.